The summed E-state index contributed by atoms with van der Waals surface area (Å²) in [5.74, 6) is 2.70. The monoisotopic (exact) mass is 370 g/mol. The number of rotatable bonds is 7. The maximum Gasteiger partial charge on any atom is 0.223 e. The molecular weight excluding hydrogens is 336 g/mol. The van der Waals surface area contributed by atoms with Gasteiger partial charge in [0.25, 0.3) is 0 Å². The van der Waals surface area contributed by atoms with Crippen LogP contribution < -0.4 is 5.32 Å². The Labute approximate surface area is 153 Å². The number of sulfonamides is 1. The summed E-state index contributed by atoms with van der Waals surface area (Å²) in [7, 11) is -3.13. The topological polar surface area (TPSA) is 66.5 Å². The first-order valence-electron chi connectivity index (χ1n) is 10.2. The Balaban J connectivity index is 1.45. The molecule has 3 fully saturated rings. The van der Waals surface area contributed by atoms with Crippen LogP contribution in [-0.2, 0) is 14.8 Å². The lowest BCUT2D eigenvalue weighted by Crippen LogP contribution is -2.47. The SMILES string of the molecule is CCCCS(=O)(=O)N1CCC(C(=O)NC(C)C2CC3CCC2C3)CC1. The number of unbranched alkanes of at least 4 members (excludes halogenated alkanes) is 1. The Morgan fingerprint density at radius 1 is 1.16 bits per heavy atom. The smallest absolute Gasteiger partial charge is 0.223 e. The molecule has 0 aromatic carbocycles. The molecule has 4 unspecified atom stereocenters. The molecule has 1 saturated heterocycles. The molecule has 0 radical (unpaired) electrons. The Hall–Kier alpha value is -0.620. The van der Waals surface area contributed by atoms with Crippen LogP contribution in [0.2, 0.25) is 0 Å². The number of piperidine rings is 1. The van der Waals surface area contributed by atoms with E-state index in [1.165, 1.54) is 25.7 Å². The van der Waals surface area contributed by atoms with Crippen molar-refractivity contribution in [2.45, 2.75) is 71.3 Å². The molecular formula is C19H34N2O3S. The molecule has 0 spiro atoms. The van der Waals surface area contributed by atoms with Crippen molar-refractivity contribution in [3.63, 3.8) is 0 Å². The van der Waals surface area contributed by atoms with Crippen molar-refractivity contribution in [1.82, 2.24) is 9.62 Å². The minimum Gasteiger partial charge on any atom is -0.353 e. The molecule has 5 nitrogen and oxygen atoms in total. The van der Waals surface area contributed by atoms with Gasteiger partial charge in [0, 0.05) is 25.0 Å². The van der Waals surface area contributed by atoms with Gasteiger partial charge in [0.15, 0.2) is 0 Å². The second kappa shape index (κ2) is 7.95. The molecule has 1 heterocycles. The maximum atomic E-state index is 12.6. The van der Waals surface area contributed by atoms with Crippen molar-refractivity contribution >= 4 is 15.9 Å². The fraction of sp³-hybridized carbons (Fsp3) is 0.947. The number of hydrogen-bond acceptors (Lipinski definition) is 3. The van der Waals surface area contributed by atoms with Gasteiger partial charge >= 0.3 is 0 Å². The molecule has 3 rings (SSSR count). The lowest BCUT2D eigenvalue weighted by molar-refractivity contribution is -0.127. The third-order valence-electron chi connectivity index (χ3n) is 6.78. The molecule has 25 heavy (non-hydrogen) atoms. The molecule has 6 heteroatoms. The summed E-state index contributed by atoms with van der Waals surface area (Å²) in [6, 6.07) is 0.258. The van der Waals surface area contributed by atoms with Crippen LogP contribution in [0, 0.1) is 23.7 Å². The molecule has 1 amide bonds. The predicted octanol–water partition coefficient (Wildman–Crippen LogP) is 2.77. The van der Waals surface area contributed by atoms with Crippen LogP contribution in [-0.4, -0.2) is 43.5 Å². The number of nitrogens with one attached hydrogen (secondary N) is 1. The van der Waals surface area contributed by atoms with E-state index in [0.29, 0.717) is 38.3 Å². The summed E-state index contributed by atoms with van der Waals surface area (Å²) in [6.07, 6.45) is 8.26. The Bertz CT molecular complexity index is 569. The fourth-order valence-electron chi connectivity index (χ4n) is 5.21. The van der Waals surface area contributed by atoms with E-state index in [-0.39, 0.29) is 23.6 Å². The minimum atomic E-state index is -3.13. The second-order valence-electron chi connectivity index (χ2n) is 8.48. The van der Waals surface area contributed by atoms with Crippen LogP contribution in [0.15, 0.2) is 0 Å². The maximum absolute atomic E-state index is 12.6. The number of hydrogen-bond donors (Lipinski definition) is 1. The standard InChI is InChI=1S/C19H34N2O3S/c1-3-4-11-25(23,24)21-9-7-16(8-10-21)19(22)20-14(2)18-13-15-5-6-17(18)12-15/h14-18H,3-13H2,1-2H3,(H,20,22). The molecule has 2 bridgehead atoms. The fourth-order valence-corrected chi connectivity index (χ4v) is 6.89. The predicted molar refractivity (Wildman–Crippen MR) is 99.5 cm³/mol. The average molecular weight is 371 g/mol. The zero-order chi connectivity index (χ0) is 18.0. The molecule has 3 aliphatic rings. The van der Waals surface area contributed by atoms with Gasteiger partial charge in [-0.2, -0.15) is 0 Å². The summed E-state index contributed by atoms with van der Waals surface area (Å²) in [4.78, 5) is 12.6. The Morgan fingerprint density at radius 2 is 1.88 bits per heavy atom. The lowest BCUT2D eigenvalue weighted by atomic mass is 9.83. The zero-order valence-electron chi connectivity index (χ0n) is 15.7. The lowest BCUT2D eigenvalue weighted by Gasteiger charge is -2.33. The third-order valence-corrected chi connectivity index (χ3v) is 8.74. The minimum absolute atomic E-state index is 0.0290. The van der Waals surface area contributed by atoms with E-state index in [4.69, 9.17) is 0 Å². The highest BCUT2D eigenvalue weighted by Gasteiger charge is 2.42. The highest BCUT2D eigenvalue weighted by Crippen LogP contribution is 2.49. The number of fused-ring (bicyclic) bond motifs is 2. The van der Waals surface area contributed by atoms with Crippen molar-refractivity contribution in [1.29, 1.82) is 0 Å². The summed E-state index contributed by atoms with van der Waals surface area (Å²) in [5, 5.41) is 3.26. The molecule has 144 valence electrons. The second-order valence-corrected chi connectivity index (χ2v) is 10.6. The zero-order valence-corrected chi connectivity index (χ0v) is 16.6. The number of nitrogens with zero attached hydrogens (tertiary/aromatic N) is 1. The Morgan fingerprint density at radius 3 is 2.44 bits per heavy atom. The van der Waals surface area contributed by atoms with Gasteiger partial charge in [-0.3, -0.25) is 4.79 Å². The van der Waals surface area contributed by atoms with Crippen LogP contribution in [0.4, 0.5) is 0 Å². The summed E-state index contributed by atoms with van der Waals surface area (Å²) < 4.78 is 26.1. The van der Waals surface area contributed by atoms with Gasteiger partial charge in [0.05, 0.1) is 5.75 Å². The van der Waals surface area contributed by atoms with Gasteiger partial charge in [-0.05, 0) is 63.2 Å². The number of amides is 1. The van der Waals surface area contributed by atoms with E-state index in [0.717, 1.165) is 18.3 Å². The van der Waals surface area contributed by atoms with E-state index in [9.17, 15) is 13.2 Å². The van der Waals surface area contributed by atoms with Gasteiger partial charge in [-0.15, -0.1) is 0 Å². The highest BCUT2D eigenvalue weighted by atomic mass is 32.2. The molecule has 0 aromatic rings. The van der Waals surface area contributed by atoms with Crippen molar-refractivity contribution in [2.75, 3.05) is 18.8 Å². The molecule has 2 saturated carbocycles. The summed E-state index contributed by atoms with van der Waals surface area (Å²) in [5.41, 5.74) is 0. The van der Waals surface area contributed by atoms with E-state index >= 15 is 0 Å². The van der Waals surface area contributed by atoms with Crippen molar-refractivity contribution in [2.24, 2.45) is 23.7 Å². The largest absolute Gasteiger partial charge is 0.353 e. The van der Waals surface area contributed by atoms with E-state index < -0.39 is 10.0 Å². The normalized spacial score (nSPS) is 32.0. The van der Waals surface area contributed by atoms with Gasteiger partial charge in [0.1, 0.15) is 0 Å². The first-order valence-corrected chi connectivity index (χ1v) is 11.8. The average Bonchev–Trinajstić information content (AvgIpc) is 3.23. The molecule has 0 aromatic heterocycles. The van der Waals surface area contributed by atoms with E-state index in [2.05, 4.69) is 12.2 Å². The van der Waals surface area contributed by atoms with Gasteiger partial charge in [-0.25, -0.2) is 12.7 Å². The third kappa shape index (κ3) is 4.38. The van der Waals surface area contributed by atoms with Crippen LogP contribution >= 0.6 is 0 Å². The van der Waals surface area contributed by atoms with Gasteiger partial charge in [0.2, 0.25) is 15.9 Å². The first-order chi connectivity index (χ1) is 11.9. The van der Waals surface area contributed by atoms with Crippen LogP contribution in [0.25, 0.3) is 0 Å². The molecule has 1 aliphatic heterocycles. The molecule has 1 N–H and O–H groups in total. The molecule has 2 aliphatic carbocycles. The number of carbonyl (C=O) groups is 1. The van der Waals surface area contributed by atoms with E-state index in [1.807, 2.05) is 6.92 Å². The van der Waals surface area contributed by atoms with Crippen LogP contribution in [0.1, 0.15) is 65.2 Å². The quantitative estimate of drug-likeness (QED) is 0.749. The Kier molecular flexibility index (Phi) is 6.09. The van der Waals surface area contributed by atoms with Gasteiger partial charge in [-0.1, -0.05) is 19.8 Å². The van der Waals surface area contributed by atoms with Crippen LogP contribution in [0.3, 0.4) is 0 Å². The summed E-state index contributed by atoms with van der Waals surface area (Å²) in [6.45, 7) is 5.15. The molecule has 4 atom stereocenters. The first kappa shape index (κ1) is 19.2. The van der Waals surface area contributed by atoms with Crippen molar-refractivity contribution in [3.8, 4) is 0 Å². The summed E-state index contributed by atoms with van der Waals surface area (Å²) >= 11 is 0. The highest BCUT2D eigenvalue weighted by molar-refractivity contribution is 7.89. The van der Waals surface area contributed by atoms with E-state index in [1.54, 1.807) is 4.31 Å². The van der Waals surface area contributed by atoms with Crippen molar-refractivity contribution < 1.29 is 13.2 Å². The van der Waals surface area contributed by atoms with Crippen molar-refractivity contribution in [3.05, 3.63) is 0 Å². The van der Waals surface area contributed by atoms with Crippen LogP contribution in [0.5, 0.6) is 0 Å². The van der Waals surface area contributed by atoms with Gasteiger partial charge < -0.3 is 5.32 Å². The number of carbonyl (C=O) groups excluding carboxylic acids is 1.